The highest BCUT2D eigenvalue weighted by Crippen LogP contribution is 2.18. The Bertz CT molecular complexity index is 956. The Morgan fingerprint density at radius 3 is 2.18 bits per heavy atom. The SMILES string of the molecule is CC(C)CC(NC(=O)C1CCCN1)C(=O)NC(CO)C(O)C(O)C(O)C(=O)NC(CC(=O)O)c1ccccc1. The molecule has 0 spiro atoms. The molecule has 218 valence electrons. The second-order valence-corrected chi connectivity index (χ2v) is 10.1. The Morgan fingerprint density at radius 2 is 1.64 bits per heavy atom. The van der Waals surface area contributed by atoms with E-state index < -0.39 is 73.3 Å². The van der Waals surface area contributed by atoms with Crippen LogP contribution >= 0.6 is 0 Å². The van der Waals surface area contributed by atoms with Gasteiger partial charge < -0.3 is 46.8 Å². The number of carbonyl (C=O) groups is 4. The van der Waals surface area contributed by atoms with Crippen LogP contribution in [0.5, 0.6) is 0 Å². The summed E-state index contributed by atoms with van der Waals surface area (Å²) in [5, 5.41) is 60.9. The second kappa shape index (κ2) is 15.5. The summed E-state index contributed by atoms with van der Waals surface area (Å²) >= 11 is 0. The van der Waals surface area contributed by atoms with Crippen molar-refractivity contribution >= 4 is 23.7 Å². The first-order valence-corrected chi connectivity index (χ1v) is 13.0. The zero-order valence-electron chi connectivity index (χ0n) is 22.1. The number of benzene rings is 1. The van der Waals surface area contributed by atoms with Gasteiger partial charge in [-0.1, -0.05) is 44.2 Å². The highest BCUT2D eigenvalue weighted by Gasteiger charge is 2.38. The number of carboxylic acids is 1. The number of aliphatic hydroxyl groups excluding tert-OH is 4. The average Bonchev–Trinajstić information content (AvgIpc) is 3.45. The van der Waals surface area contributed by atoms with Crippen LogP contribution in [-0.4, -0.2) is 98.8 Å². The van der Waals surface area contributed by atoms with Crippen molar-refractivity contribution in [1.82, 2.24) is 21.3 Å². The van der Waals surface area contributed by atoms with Crippen LogP contribution in [0.2, 0.25) is 0 Å². The van der Waals surface area contributed by atoms with Gasteiger partial charge in [-0.2, -0.15) is 0 Å². The van der Waals surface area contributed by atoms with E-state index in [1.807, 2.05) is 13.8 Å². The summed E-state index contributed by atoms with van der Waals surface area (Å²) in [7, 11) is 0. The van der Waals surface area contributed by atoms with Crippen molar-refractivity contribution in [2.24, 2.45) is 5.92 Å². The minimum Gasteiger partial charge on any atom is -0.481 e. The van der Waals surface area contributed by atoms with Crippen LogP contribution in [0, 0.1) is 5.92 Å². The molecule has 0 saturated carbocycles. The predicted molar refractivity (Wildman–Crippen MR) is 139 cm³/mol. The van der Waals surface area contributed by atoms with Crippen LogP contribution in [0.3, 0.4) is 0 Å². The summed E-state index contributed by atoms with van der Waals surface area (Å²) in [6.45, 7) is 3.54. The molecule has 0 aromatic heterocycles. The molecule has 13 heteroatoms. The Kier molecular flexibility index (Phi) is 12.7. The molecule has 9 N–H and O–H groups in total. The molecule has 1 aliphatic heterocycles. The molecular weight excluding hydrogens is 512 g/mol. The smallest absolute Gasteiger partial charge is 0.305 e. The third-order valence-corrected chi connectivity index (χ3v) is 6.49. The fourth-order valence-corrected chi connectivity index (χ4v) is 4.36. The fourth-order valence-electron chi connectivity index (χ4n) is 4.36. The lowest BCUT2D eigenvalue weighted by molar-refractivity contribution is -0.145. The highest BCUT2D eigenvalue weighted by atomic mass is 16.4. The average molecular weight is 553 g/mol. The van der Waals surface area contributed by atoms with E-state index in [0.29, 0.717) is 18.5 Å². The molecule has 1 aromatic rings. The first-order valence-electron chi connectivity index (χ1n) is 13.0. The maximum absolute atomic E-state index is 13.0. The Morgan fingerprint density at radius 1 is 0.974 bits per heavy atom. The van der Waals surface area contributed by atoms with E-state index in [9.17, 15) is 44.7 Å². The van der Waals surface area contributed by atoms with E-state index in [4.69, 9.17) is 0 Å². The van der Waals surface area contributed by atoms with Crippen molar-refractivity contribution in [2.45, 2.75) is 82.0 Å². The molecule has 39 heavy (non-hydrogen) atoms. The van der Waals surface area contributed by atoms with Crippen LogP contribution in [0.15, 0.2) is 30.3 Å². The van der Waals surface area contributed by atoms with E-state index in [1.54, 1.807) is 30.3 Å². The number of aliphatic hydroxyl groups is 4. The van der Waals surface area contributed by atoms with E-state index in [-0.39, 0.29) is 18.2 Å². The number of hydrogen-bond donors (Lipinski definition) is 9. The summed E-state index contributed by atoms with van der Waals surface area (Å²) in [4.78, 5) is 49.4. The molecule has 7 atom stereocenters. The Hall–Kier alpha value is -3.10. The summed E-state index contributed by atoms with van der Waals surface area (Å²) in [6, 6.07) is 4.20. The number of aliphatic carboxylic acids is 1. The zero-order valence-corrected chi connectivity index (χ0v) is 22.1. The van der Waals surface area contributed by atoms with Gasteiger partial charge in [0.15, 0.2) is 6.10 Å². The van der Waals surface area contributed by atoms with Crippen molar-refractivity contribution in [2.75, 3.05) is 13.2 Å². The molecule has 1 heterocycles. The van der Waals surface area contributed by atoms with Crippen molar-refractivity contribution in [3.63, 3.8) is 0 Å². The fraction of sp³-hybridized carbons (Fsp3) is 0.615. The lowest BCUT2D eigenvalue weighted by Gasteiger charge is -2.31. The predicted octanol–water partition coefficient (Wildman–Crippen LogP) is -1.84. The van der Waals surface area contributed by atoms with Crippen molar-refractivity contribution in [3.8, 4) is 0 Å². The molecule has 1 aromatic carbocycles. The maximum atomic E-state index is 13.0. The lowest BCUT2D eigenvalue weighted by Crippen LogP contribution is -2.60. The number of nitrogens with one attached hydrogen (secondary N) is 4. The molecule has 0 radical (unpaired) electrons. The van der Waals surface area contributed by atoms with Gasteiger partial charge >= 0.3 is 5.97 Å². The molecule has 2 rings (SSSR count). The first-order chi connectivity index (χ1) is 18.4. The van der Waals surface area contributed by atoms with E-state index >= 15 is 0 Å². The van der Waals surface area contributed by atoms with Gasteiger partial charge in [0.1, 0.15) is 18.2 Å². The monoisotopic (exact) mass is 552 g/mol. The Balaban J connectivity index is 2.05. The molecule has 0 bridgehead atoms. The van der Waals surface area contributed by atoms with Gasteiger partial charge in [-0.15, -0.1) is 0 Å². The third-order valence-electron chi connectivity index (χ3n) is 6.49. The largest absolute Gasteiger partial charge is 0.481 e. The van der Waals surface area contributed by atoms with Crippen LogP contribution in [0.4, 0.5) is 0 Å². The molecule has 3 amide bonds. The number of carbonyl (C=O) groups excluding carboxylic acids is 3. The summed E-state index contributed by atoms with van der Waals surface area (Å²) < 4.78 is 0. The van der Waals surface area contributed by atoms with Gasteiger partial charge in [0.2, 0.25) is 11.8 Å². The van der Waals surface area contributed by atoms with Gasteiger partial charge in [0.25, 0.3) is 5.91 Å². The minimum absolute atomic E-state index is 0.00885. The van der Waals surface area contributed by atoms with Crippen LogP contribution in [-0.2, 0) is 19.2 Å². The molecule has 1 aliphatic rings. The summed E-state index contributed by atoms with van der Waals surface area (Å²) in [6.07, 6.45) is -5.14. The summed E-state index contributed by atoms with van der Waals surface area (Å²) in [5.41, 5.74) is 0.446. The molecular formula is C26H40N4O9. The van der Waals surface area contributed by atoms with E-state index in [2.05, 4.69) is 21.3 Å². The van der Waals surface area contributed by atoms with Gasteiger partial charge in [-0.05, 0) is 37.3 Å². The molecule has 7 unspecified atom stereocenters. The van der Waals surface area contributed by atoms with Crippen LogP contribution in [0.1, 0.15) is 51.1 Å². The minimum atomic E-state index is -2.22. The van der Waals surface area contributed by atoms with Crippen molar-refractivity contribution in [1.29, 1.82) is 0 Å². The van der Waals surface area contributed by atoms with E-state index in [0.717, 1.165) is 6.42 Å². The lowest BCUT2D eigenvalue weighted by atomic mass is 9.98. The zero-order chi connectivity index (χ0) is 29.1. The standard InChI is InChI=1S/C26H40N4O9/c1-14(2)11-18(29-24(37)16-9-6-10-27-16)25(38)30-19(13-31)21(34)22(35)23(36)26(39)28-17(12-20(32)33)15-7-4-3-5-8-15/h3-5,7-8,14,16-19,21-23,27,31,34-36H,6,9-13H2,1-2H3,(H,28,39)(H,29,37)(H,30,38)(H,32,33). The molecule has 13 nitrogen and oxygen atoms in total. The Labute approximate surface area is 227 Å². The molecule has 1 fully saturated rings. The highest BCUT2D eigenvalue weighted by molar-refractivity contribution is 5.90. The van der Waals surface area contributed by atoms with Crippen molar-refractivity contribution < 1.29 is 44.7 Å². The topological polar surface area (TPSA) is 218 Å². The van der Waals surface area contributed by atoms with Gasteiger partial charge in [-0.25, -0.2) is 0 Å². The first kappa shape index (κ1) is 32.1. The number of carboxylic acid groups (broad SMARTS) is 1. The van der Waals surface area contributed by atoms with Gasteiger partial charge in [-0.3, -0.25) is 19.2 Å². The second-order valence-electron chi connectivity index (χ2n) is 10.1. The maximum Gasteiger partial charge on any atom is 0.305 e. The molecule has 0 aliphatic carbocycles. The normalized spacial score (nSPS) is 19.8. The van der Waals surface area contributed by atoms with Crippen molar-refractivity contribution in [3.05, 3.63) is 35.9 Å². The van der Waals surface area contributed by atoms with E-state index in [1.165, 1.54) is 0 Å². The van der Waals surface area contributed by atoms with Gasteiger partial charge in [0, 0.05) is 0 Å². The quantitative estimate of drug-likeness (QED) is 0.118. The molecule has 1 saturated heterocycles. The number of amides is 3. The third kappa shape index (κ3) is 9.86. The van der Waals surface area contributed by atoms with Crippen LogP contribution < -0.4 is 21.3 Å². The van der Waals surface area contributed by atoms with Crippen LogP contribution in [0.25, 0.3) is 0 Å². The summed E-state index contributed by atoms with van der Waals surface area (Å²) in [5.74, 6) is -3.43. The number of rotatable bonds is 15. The number of hydrogen-bond acceptors (Lipinski definition) is 9. The van der Waals surface area contributed by atoms with Gasteiger partial charge in [0.05, 0.1) is 31.2 Å².